The number of nitrogens with one attached hydrogen (secondary N) is 2. The van der Waals surface area contributed by atoms with Gasteiger partial charge in [-0.2, -0.15) is 0 Å². The van der Waals surface area contributed by atoms with Gasteiger partial charge in [-0.15, -0.1) is 0 Å². The lowest BCUT2D eigenvalue weighted by Crippen LogP contribution is -2.41. The van der Waals surface area contributed by atoms with Crippen molar-refractivity contribution in [3.63, 3.8) is 0 Å². The molecule has 2 rings (SSSR count). The molecule has 0 aliphatic carbocycles. The molecule has 1 aromatic rings. The molecule has 5 nitrogen and oxygen atoms in total. The highest BCUT2D eigenvalue weighted by atomic mass is 16.3. The summed E-state index contributed by atoms with van der Waals surface area (Å²) in [5.41, 5.74) is 7.89. The van der Waals surface area contributed by atoms with E-state index < -0.39 is 6.10 Å². The third-order valence-corrected chi connectivity index (χ3v) is 3.45. The summed E-state index contributed by atoms with van der Waals surface area (Å²) in [7, 11) is 1.95. The summed E-state index contributed by atoms with van der Waals surface area (Å²) in [4.78, 5) is 2.04. The van der Waals surface area contributed by atoms with Crippen molar-refractivity contribution in [2.24, 2.45) is 0 Å². The second-order valence-corrected chi connectivity index (χ2v) is 5.24. The smallest absolute Gasteiger partial charge is 0.0897 e. The Morgan fingerprint density at radius 2 is 2.05 bits per heavy atom. The number of rotatable bonds is 6. The van der Waals surface area contributed by atoms with Crippen LogP contribution < -0.4 is 10.9 Å². The van der Waals surface area contributed by atoms with E-state index in [0.717, 1.165) is 13.0 Å². The van der Waals surface area contributed by atoms with E-state index in [4.69, 9.17) is 5.11 Å². The first-order valence-corrected chi connectivity index (χ1v) is 6.72. The lowest BCUT2D eigenvalue weighted by atomic mass is 10.0. The predicted molar refractivity (Wildman–Crippen MR) is 74.4 cm³/mol. The summed E-state index contributed by atoms with van der Waals surface area (Å²) >= 11 is 0. The third kappa shape index (κ3) is 4.26. The summed E-state index contributed by atoms with van der Waals surface area (Å²) in [5, 5.41) is 18.2. The minimum absolute atomic E-state index is 0.187. The van der Waals surface area contributed by atoms with E-state index in [9.17, 15) is 5.11 Å². The second kappa shape index (κ2) is 6.98. The number of hydrogen-bond donors (Lipinski definition) is 4. The molecular formula is C14H23N3O2. The summed E-state index contributed by atoms with van der Waals surface area (Å²) in [6.45, 7) is 1.14. The fourth-order valence-corrected chi connectivity index (χ4v) is 2.51. The van der Waals surface area contributed by atoms with Gasteiger partial charge in [0.2, 0.25) is 0 Å². The van der Waals surface area contributed by atoms with Crippen LogP contribution in [0.5, 0.6) is 0 Å². The van der Waals surface area contributed by atoms with Crippen molar-refractivity contribution in [1.82, 2.24) is 15.8 Å². The molecule has 0 saturated carbocycles. The van der Waals surface area contributed by atoms with E-state index in [2.05, 4.69) is 23.0 Å². The first-order chi connectivity index (χ1) is 9.19. The van der Waals surface area contributed by atoms with Gasteiger partial charge in [-0.25, -0.2) is 5.43 Å². The van der Waals surface area contributed by atoms with E-state index in [1.54, 1.807) is 0 Å². The van der Waals surface area contributed by atoms with Crippen molar-refractivity contribution in [3.05, 3.63) is 35.9 Å². The van der Waals surface area contributed by atoms with E-state index in [0.29, 0.717) is 18.6 Å². The Hall–Kier alpha value is -0.980. The van der Waals surface area contributed by atoms with Crippen molar-refractivity contribution in [1.29, 1.82) is 0 Å². The Labute approximate surface area is 114 Å². The van der Waals surface area contributed by atoms with E-state index >= 15 is 0 Å². The van der Waals surface area contributed by atoms with Crippen LogP contribution in [0, 0.1) is 0 Å². The molecule has 1 fully saturated rings. The maximum absolute atomic E-state index is 9.40. The molecule has 4 N–H and O–H groups in total. The fourth-order valence-electron chi connectivity index (χ4n) is 2.51. The summed E-state index contributed by atoms with van der Waals surface area (Å²) in [6, 6.07) is 11.1. The lowest BCUT2D eigenvalue weighted by molar-refractivity contribution is 0.0645. The number of aliphatic hydroxyl groups excluding tert-OH is 2. The van der Waals surface area contributed by atoms with Gasteiger partial charge in [-0.3, -0.25) is 5.43 Å². The van der Waals surface area contributed by atoms with Gasteiger partial charge in [0, 0.05) is 25.2 Å². The highest BCUT2D eigenvalue weighted by Crippen LogP contribution is 2.21. The monoisotopic (exact) mass is 265 g/mol. The molecule has 5 heteroatoms. The van der Waals surface area contributed by atoms with Gasteiger partial charge in [0.1, 0.15) is 0 Å². The quantitative estimate of drug-likeness (QED) is 0.577. The van der Waals surface area contributed by atoms with Gasteiger partial charge in [0.15, 0.2) is 0 Å². The van der Waals surface area contributed by atoms with Crippen LogP contribution in [-0.4, -0.2) is 54.0 Å². The maximum Gasteiger partial charge on any atom is 0.0897 e. The Balaban J connectivity index is 1.79. The Morgan fingerprint density at radius 3 is 2.74 bits per heavy atom. The Bertz CT molecular complexity index is 374. The van der Waals surface area contributed by atoms with E-state index in [-0.39, 0.29) is 6.61 Å². The first kappa shape index (κ1) is 14.4. The third-order valence-electron chi connectivity index (χ3n) is 3.45. The zero-order valence-corrected chi connectivity index (χ0v) is 11.3. The maximum atomic E-state index is 9.40. The van der Waals surface area contributed by atoms with E-state index in [1.807, 2.05) is 30.1 Å². The topological polar surface area (TPSA) is 67.8 Å². The van der Waals surface area contributed by atoms with Crippen LogP contribution >= 0.6 is 0 Å². The van der Waals surface area contributed by atoms with Crippen LogP contribution in [0.1, 0.15) is 18.0 Å². The standard InChI is InChI=1S/C14H23N3O2/c1-17(9-13(19)10-18)8-12-7-14(16-15-12)11-5-3-2-4-6-11/h2-6,12-16,18-19H,7-10H2,1H3. The van der Waals surface area contributed by atoms with Crippen LogP contribution in [0.2, 0.25) is 0 Å². The molecular weight excluding hydrogens is 242 g/mol. The molecule has 0 aromatic heterocycles. The molecule has 1 saturated heterocycles. The van der Waals surface area contributed by atoms with Crippen molar-refractivity contribution >= 4 is 0 Å². The Morgan fingerprint density at radius 1 is 1.32 bits per heavy atom. The van der Waals surface area contributed by atoms with Crippen molar-refractivity contribution < 1.29 is 10.2 Å². The zero-order chi connectivity index (χ0) is 13.7. The largest absolute Gasteiger partial charge is 0.394 e. The molecule has 106 valence electrons. The molecule has 3 atom stereocenters. The van der Waals surface area contributed by atoms with Gasteiger partial charge in [0.25, 0.3) is 0 Å². The number of hydrogen-bond acceptors (Lipinski definition) is 5. The van der Waals surface area contributed by atoms with Crippen LogP contribution in [0.3, 0.4) is 0 Å². The molecule has 1 aliphatic heterocycles. The van der Waals surface area contributed by atoms with Crippen LogP contribution in [0.25, 0.3) is 0 Å². The number of aliphatic hydroxyl groups is 2. The average Bonchev–Trinajstić information content (AvgIpc) is 2.88. The molecule has 1 aromatic carbocycles. The predicted octanol–water partition coefficient (Wildman–Crippen LogP) is -0.121. The number of hydrazine groups is 1. The summed E-state index contributed by atoms with van der Waals surface area (Å²) < 4.78 is 0. The lowest BCUT2D eigenvalue weighted by Gasteiger charge is -2.22. The van der Waals surface area contributed by atoms with Gasteiger partial charge in [-0.1, -0.05) is 30.3 Å². The van der Waals surface area contributed by atoms with E-state index in [1.165, 1.54) is 5.56 Å². The summed E-state index contributed by atoms with van der Waals surface area (Å²) in [5.74, 6) is 0. The van der Waals surface area contributed by atoms with Gasteiger partial charge in [0.05, 0.1) is 12.7 Å². The first-order valence-electron chi connectivity index (χ1n) is 6.72. The van der Waals surface area contributed by atoms with Crippen molar-refractivity contribution in [2.75, 3.05) is 26.7 Å². The molecule has 19 heavy (non-hydrogen) atoms. The van der Waals surface area contributed by atoms with Gasteiger partial charge in [-0.05, 0) is 19.0 Å². The highest BCUT2D eigenvalue weighted by molar-refractivity contribution is 5.19. The molecule has 0 spiro atoms. The fraction of sp³-hybridized carbons (Fsp3) is 0.571. The number of likely N-dealkylation sites (N-methyl/N-ethyl adjacent to an activating group) is 1. The minimum Gasteiger partial charge on any atom is -0.394 e. The number of benzene rings is 1. The van der Waals surface area contributed by atoms with Gasteiger partial charge < -0.3 is 15.1 Å². The average molecular weight is 265 g/mol. The van der Waals surface area contributed by atoms with Crippen LogP contribution in [0.4, 0.5) is 0 Å². The molecule has 1 heterocycles. The molecule has 0 bridgehead atoms. The van der Waals surface area contributed by atoms with Crippen molar-refractivity contribution in [3.8, 4) is 0 Å². The van der Waals surface area contributed by atoms with Crippen LogP contribution in [0.15, 0.2) is 30.3 Å². The summed E-state index contributed by atoms with van der Waals surface area (Å²) in [6.07, 6.45) is 0.355. The zero-order valence-electron chi connectivity index (χ0n) is 11.3. The molecule has 0 radical (unpaired) electrons. The highest BCUT2D eigenvalue weighted by Gasteiger charge is 2.25. The normalized spacial score (nSPS) is 24.8. The Kier molecular flexibility index (Phi) is 5.30. The molecule has 0 amide bonds. The number of nitrogens with zero attached hydrogens (tertiary/aromatic N) is 1. The second-order valence-electron chi connectivity index (χ2n) is 5.24. The van der Waals surface area contributed by atoms with Gasteiger partial charge >= 0.3 is 0 Å². The molecule has 1 aliphatic rings. The minimum atomic E-state index is -0.663. The van der Waals surface area contributed by atoms with Crippen molar-refractivity contribution in [2.45, 2.75) is 24.6 Å². The van der Waals surface area contributed by atoms with Crippen LogP contribution in [-0.2, 0) is 0 Å². The molecule has 3 unspecified atom stereocenters. The SMILES string of the molecule is CN(CC(O)CO)CC1CC(c2ccccc2)NN1.